The number of carbonyl (C=O) groups excluding carboxylic acids is 1. The molecule has 7 heteroatoms. The van der Waals surface area contributed by atoms with Crippen molar-refractivity contribution in [2.75, 3.05) is 13.1 Å². The third kappa shape index (κ3) is 4.92. The Kier molecular flexibility index (Phi) is 5.58. The first kappa shape index (κ1) is 13.6. The molecule has 6 nitrogen and oxygen atoms in total. The second-order valence-electron chi connectivity index (χ2n) is 3.45. The molecule has 1 aromatic rings. The number of nitrogens with one attached hydrogen (secondary N) is 2. The van der Waals surface area contributed by atoms with E-state index in [9.17, 15) is 14.9 Å². The number of nitro groups is 1. The van der Waals surface area contributed by atoms with Gasteiger partial charge in [0.05, 0.1) is 11.5 Å². The predicted octanol–water partition coefficient (Wildman–Crippen LogP) is 1.27. The van der Waals surface area contributed by atoms with Crippen LogP contribution in [-0.4, -0.2) is 23.9 Å². The van der Waals surface area contributed by atoms with E-state index in [0.717, 1.165) is 22.6 Å². The van der Waals surface area contributed by atoms with Crippen LogP contribution >= 0.6 is 11.3 Å². The van der Waals surface area contributed by atoms with Gasteiger partial charge in [-0.25, -0.2) is 0 Å². The molecule has 0 aliphatic heterocycles. The van der Waals surface area contributed by atoms with Crippen molar-refractivity contribution in [1.82, 2.24) is 10.6 Å². The molecule has 1 amide bonds. The van der Waals surface area contributed by atoms with E-state index >= 15 is 0 Å². The summed E-state index contributed by atoms with van der Waals surface area (Å²) < 4.78 is 0. The van der Waals surface area contributed by atoms with Crippen molar-refractivity contribution in [3.05, 3.63) is 27.1 Å². The summed E-state index contributed by atoms with van der Waals surface area (Å²) in [5.41, 5.74) is 0. The van der Waals surface area contributed by atoms with Gasteiger partial charge in [-0.15, -0.1) is 0 Å². The van der Waals surface area contributed by atoms with Crippen LogP contribution < -0.4 is 10.6 Å². The summed E-state index contributed by atoms with van der Waals surface area (Å²) in [4.78, 5) is 22.1. The van der Waals surface area contributed by atoms with Crippen LogP contribution in [0.1, 0.15) is 18.2 Å². The van der Waals surface area contributed by atoms with Gasteiger partial charge >= 0.3 is 5.00 Å². The number of rotatable bonds is 7. The molecule has 2 N–H and O–H groups in total. The molecule has 0 atom stereocenters. The largest absolute Gasteiger partial charge is 0.355 e. The molecule has 1 rings (SSSR count). The van der Waals surface area contributed by atoms with Gasteiger partial charge in [-0.05, 0) is 12.5 Å². The average molecular weight is 257 g/mol. The van der Waals surface area contributed by atoms with Crippen molar-refractivity contribution in [3.8, 4) is 0 Å². The van der Waals surface area contributed by atoms with Crippen molar-refractivity contribution in [2.45, 2.75) is 19.9 Å². The summed E-state index contributed by atoms with van der Waals surface area (Å²) in [6.07, 6.45) is 0.906. The topological polar surface area (TPSA) is 84.3 Å². The minimum Gasteiger partial charge on any atom is -0.355 e. The normalized spacial score (nSPS) is 10.2. The summed E-state index contributed by atoms with van der Waals surface area (Å²) >= 11 is 1.12. The Bertz CT molecular complexity index is 392. The summed E-state index contributed by atoms with van der Waals surface area (Å²) in [5, 5.41) is 16.2. The van der Waals surface area contributed by atoms with Gasteiger partial charge in [0.25, 0.3) is 0 Å². The summed E-state index contributed by atoms with van der Waals surface area (Å²) in [6.45, 7) is 3.35. The molecule has 94 valence electrons. The lowest BCUT2D eigenvalue weighted by Crippen LogP contribution is -2.33. The zero-order valence-electron chi connectivity index (χ0n) is 9.56. The minimum absolute atomic E-state index is 0.0575. The fraction of sp³-hybridized carbons (Fsp3) is 0.500. The van der Waals surface area contributed by atoms with Gasteiger partial charge in [0.2, 0.25) is 5.91 Å². The van der Waals surface area contributed by atoms with Gasteiger partial charge in [-0.1, -0.05) is 18.3 Å². The maximum absolute atomic E-state index is 11.2. The highest BCUT2D eigenvalue weighted by atomic mass is 32.1. The van der Waals surface area contributed by atoms with Gasteiger partial charge in [-0.2, -0.15) is 0 Å². The molecule has 0 aromatic carbocycles. The first-order valence-electron chi connectivity index (χ1n) is 5.34. The number of amides is 1. The first-order valence-corrected chi connectivity index (χ1v) is 6.15. The Labute approximate surface area is 103 Å². The zero-order chi connectivity index (χ0) is 12.7. The number of hydrogen-bond acceptors (Lipinski definition) is 5. The zero-order valence-corrected chi connectivity index (χ0v) is 10.4. The fourth-order valence-electron chi connectivity index (χ4n) is 1.19. The Balaban J connectivity index is 2.26. The molecule has 0 aliphatic carbocycles. The molecule has 0 radical (unpaired) electrons. The fourth-order valence-corrected chi connectivity index (χ4v) is 1.98. The molecule has 0 bridgehead atoms. The van der Waals surface area contributed by atoms with E-state index in [-0.39, 0.29) is 17.5 Å². The molecular formula is C10H15N3O3S. The molecule has 0 fully saturated rings. The van der Waals surface area contributed by atoms with Crippen molar-refractivity contribution in [1.29, 1.82) is 0 Å². The summed E-state index contributed by atoms with van der Waals surface area (Å²) in [6, 6.07) is 3.17. The van der Waals surface area contributed by atoms with E-state index in [1.165, 1.54) is 6.07 Å². The van der Waals surface area contributed by atoms with Gasteiger partial charge in [0.1, 0.15) is 0 Å². The molecule has 0 saturated carbocycles. The molecular weight excluding hydrogens is 242 g/mol. The van der Waals surface area contributed by atoms with Gasteiger partial charge in [-0.3, -0.25) is 14.9 Å². The highest BCUT2D eigenvalue weighted by Gasteiger charge is 2.09. The van der Waals surface area contributed by atoms with Gasteiger partial charge in [0.15, 0.2) is 0 Å². The first-order chi connectivity index (χ1) is 8.13. The molecule has 1 aromatic heterocycles. The van der Waals surface area contributed by atoms with Crippen LogP contribution in [-0.2, 0) is 11.3 Å². The summed E-state index contributed by atoms with van der Waals surface area (Å²) in [5.74, 6) is -0.0575. The van der Waals surface area contributed by atoms with E-state index in [2.05, 4.69) is 10.6 Å². The van der Waals surface area contributed by atoms with Crippen molar-refractivity contribution in [3.63, 3.8) is 0 Å². The Morgan fingerprint density at radius 2 is 2.29 bits per heavy atom. The van der Waals surface area contributed by atoms with Gasteiger partial charge in [0, 0.05) is 24.0 Å². The van der Waals surface area contributed by atoms with Gasteiger partial charge < -0.3 is 10.6 Å². The quantitative estimate of drug-likeness (QED) is 0.569. The lowest BCUT2D eigenvalue weighted by molar-refractivity contribution is -0.380. The lowest BCUT2D eigenvalue weighted by Gasteiger charge is -2.03. The lowest BCUT2D eigenvalue weighted by atomic mass is 10.4. The van der Waals surface area contributed by atoms with Crippen LogP contribution in [0.25, 0.3) is 0 Å². The highest BCUT2D eigenvalue weighted by Crippen LogP contribution is 2.23. The third-order valence-corrected chi connectivity index (χ3v) is 3.02. The number of thiophene rings is 1. The standard InChI is InChI=1S/C10H15N3O3S/c1-2-5-12-9(14)7-11-6-8-3-4-10(17-8)13(15)16/h3-4,11H,2,5-7H2,1H3,(H,12,14). The number of carbonyl (C=O) groups is 1. The van der Waals surface area contributed by atoms with E-state index in [0.29, 0.717) is 13.1 Å². The van der Waals surface area contributed by atoms with E-state index in [1.807, 2.05) is 6.92 Å². The summed E-state index contributed by atoms with van der Waals surface area (Å²) in [7, 11) is 0. The second-order valence-corrected chi connectivity index (χ2v) is 4.60. The minimum atomic E-state index is -0.415. The maximum Gasteiger partial charge on any atom is 0.324 e. The van der Waals surface area contributed by atoms with Crippen LogP contribution in [0.5, 0.6) is 0 Å². The van der Waals surface area contributed by atoms with Crippen LogP contribution in [0.4, 0.5) is 5.00 Å². The maximum atomic E-state index is 11.2. The van der Waals surface area contributed by atoms with E-state index in [1.54, 1.807) is 6.07 Å². The van der Waals surface area contributed by atoms with Crippen LogP contribution in [0.2, 0.25) is 0 Å². The number of hydrogen-bond donors (Lipinski definition) is 2. The Hall–Kier alpha value is -1.47. The average Bonchev–Trinajstić information content (AvgIpc) is 2.75. The molecule has 0 aliphatic rings. The van der Waals surface area contributed by atoms with Crippen LogP contribution in [0.3, 0.4) is 0 Å². The smallest absolute Gasteiger partial charge is 0.324 e. The van der Waals surface area contributed by atoms with Crippen LogP contribution in [0, 0.1) is 10.1 Å². The predicted molar refractivity (Wildman–Crippen MR) is 66.0 cm³/mol. The number of nitrogens with zero attached hydrogens (tertiary/aromatic N) is 1. The Morgan fingerprint density at radius 3 is 2.88 bits per heavy atom. The van der Waals surface area contributed by atoms with E-state index < -0.39 is 4.92 Å². The van der Waals surface area contributed by atoms with E-state index in [4.69, 9.17) is 0 Å². The van der Waals surface area contributed by atoms with Crippen molar-refractivity contribution in [2.24, 2.45) is 0 Å². The Morgan fingerprint density at radius 1 is 1.53 bits per heavy atom. The van der Waals surface area contributed by atoms with Crippen LogP contribution in [0.15, 0.2) is 12.1 Å². The molecule has 0 saturated heterocycles. The monoisotopic (exact) mass is 257 g/mol. The van der Waals surface area contributed by atoms with Crippen molar-refractivity contribution < 1.29 is 9.72 Å². The molecule has 0 unspecified atom stereocenters. The second kappa shape index (κ2) is 6.97. The molecule has 17 heavy (non-hydrogen) atoms. The third-order valence-electron chi connectivity index (χ3n) is 1.98. The molecule has 1 heterocycles. The molecule has 0 spiro atoms. The SMILES string of the molecule is CCCNC(=O)CNCc1ccc([N+](=O)[O-])s1. The van der Waals surface area contributed by atoms with Crippen molar-refractivity contribution >= 4 is 22.2 Å². The highest BCUT2D eigenvalue weighted by molar-refractivity contribution is 7.15.